The Labute approximate surface area is 206 Å². The van der Waals surface area contributed by atoms with E-state index < -0.39 is 17.4 Å². The van der Waals surface area contributed by atoms with Crippen LogP contribution >= 0.6 is 0 Å². The lowest BCUT2D eigenvalue weighted by Crippen LogP contribution is -2.99. The van der Waals surface area contributed by atoms with Crippen LogP contribution in [-0.4, -0.2) is 34.7 Å². The van der Waals surface area contributed by atoms with Crippen LogP contribution in [0, 0.1) is 25.7 Å². The molecule has 6 heteroatoms. The molecular weight excluding hydrogens is 438 g/mol. The van der Waals surface area contributed by atoms with E-state index in [1.807, 2.05) is 44.2 Å². The van der Waals surface area contributed by atoms with E-state index in [0.717, 1.165) is 66.5 Å². The smallest absolute Gasteiger partial charge is 0.291 e. The van der Waals surface area contributed by atoms with Crippen molar-refractivity contribution in [1.82, 2.24) is 4.90 Å². The third kappa shape index (κ3) is 3.22. The summed E-state index contributed by atoms with van der Waals surface area (Å²) in [6.45, 7) is 4.05. The summed E-state index contributed by atoms with van der Waals surface area (Å²) >= 11 is 0. The predicted octanol–water partition coefficient (Wildman–Crippen LogP) is 2.96. The fourth-order valence-electron chi connectivity index (χ4n) is 7.25. The van der Waals surface area contributed by atoms with Crippen LogP contribution < -0.4 is 10.6 Å². The minimum atomic E-state index is -1.09. The van der Waals surface area contributed by atoms with Gasteiger partial charge in [0, 0.05) is 18.0 Å². The molecule has 0 bridgehead atoms. The number of benzene rings is 2. The zero-order valence-electron chi connectivity index (χ0n) is 20.5. The highest BCUT2D eigenvalue weighted by Crippen LogP contribution is 2.51. The van der Waals surface area contributed by atoms with E-state index in [0.29, 0.717) is 6.42 Å². The summed E-state index contributed by atoms with van der Waals surface area (Å²) in [5.41, 5.74) is 3.84. The number of imide groups is 1. The molecule has 2 aromatic rings. The molecule has 2 aromatic carbocycles. The third-order valence-corrected chi connectivity index (χ3v) is 9.11. The topological polar surface area (TPSA) is 83.1 Å². The SMILES string of the molecule is Cc1ccc2c(c1C)NC(=O)[C@@]21[NH2+][C@H](Cc2ccccc2)[C@H]2C(=O)N(C3CCCCCC3)C(=O)[C@H]21. The Kier molecular flexibility index (Phi) is 5.33. The van der Waals surface area contributed by atoms with Gasteiger partial charge in [-0.25, -0.2) is 0 Å². The largest absolute Gasteiger partial charge is 0.326 e. The van der Waals surface area contributed by atoms with Crippen LogP contribution in [0.4, 0.5) is 5.69 Å². The fraction of sp³-hybridized carbons (Fsp3) is 0.483. The molecule has 2 saturated heterocycles. The molecule has 0 radical (unpaired) electrons. The predicted molar refractivity (Wildman–Crippen MR) is 132 cm³/mol. The van der Waals surface area contributed by atoms with Gasteiger partial charge in [-0.15, -0.1) is 0 Å². The van der Waals surface area contributed by atoms with Crippen molar-refractivity contribution in [2.45, 2.75) is 76.4 Å². The quantitative estimate of drug-likeness (QED) is 0.532. The van der Waals surface area contributed by atoms with E-state index in [1.165, 1.54) is 0 Å². The molecule has 4 atom stereocenters. The zero-order chi connectivity index (χ0) is 24.3. The molecule has 3 fully saturated rings. The van der Waals surface area contributed by atoms with Gasteiger partial charge in [-0.05, 0) is 49.4 Å². The van der Waals surface area contributed by atoms with E-state index in [1.54, 1.807) is 4.90 Å². The van der Waals surface area contributed by atoms with Gasteiger partial charge in [-0.3, -0.25) is 19.3 Å². The van der Waals surface area contributed by atoms with E-state index in [2.05, 4.69) is 22.8 Å². The summed E-state index contributed by atoms with van der Waals surface area (Å²) in [6, 6.07) is 13.9. The lowest BCUT2D eigenvalue weighted by Gasteiger charge is -2.30. The number of aryl methyl sites for hydroxylation is 1. The standard InChI is InChI=1S/C29H33N3O3/c1-17-14-15-21-25(18(17)2)30-28(35)29(21)24-23(22(31-29)16-19-10-6-5-7-11-19)26(33)32(27(24)34)20-12-8-3-4-9-13-20/h5-7,10-11,14-15,20,22-24,31H,3-4,8-9,12-13,16H2,1-2H3,(H,30,35)/p+1/t22-,23-,24+,29-/m1/s1. The molecule has 4 aliphatic rings. The normalized spacial score (nSPS) is 30.5. The second-order valence-corrected chi connectivity index (χ2v) is 11.0. The van der Waals surface area contributed by atoms with Crippen molar-refractivity contribution in [3.63, 3.8) is 0 Å². The van der Waals surface area contributed by atoms with Crippen LogP contribution in [0.1, 0.15) is 60.8 Å². The highest BCUT2D eigenvalue weighted by molar-refractivity contribution is 6.14. The van der Waals surface area contributed by atoms with Crippen molar-refractivity contribution in [3.8, 4) is 0 Å². The molecule has 1 saturated carbocycles. The van der Waals surface area contributed by atoms with E-state index in [9.17, 15) is 14.4 Å². The number of likely N-dealkylation sites (tertiary alicyclic amines) is 1. The Bertz CT molecular complexity index is 1200. The summed E-state index contributed by atoms with van der Waals surface area (Å²) in [7, 11) is 0. The Morgan fingerprint density at radius 2 is 1.66 bits per heavy atom. The Hall–Kier alpha value is -2.99. The monoisotopic (exact) mass is 472 g/mol. The summed E-state index contributed by atoms with van der Waals surface area (Å²) < 4.78 is 0. The van der Waals surface area contributed by atoms with Gasteiger partial charge in [0.25, 0.3) is 5.91 Å². The minimum Gasteiger partial charge on any atom is -0.326 e. The maximum atomic E-state index is 14.2. The number of carbonyl (C=O) groups is 3. The number of carbonyl (C=O) groups excluding carboxylic acids is 3. The van der Waals surface area contributed by atoms with Gasteiger partial charge in [-0.1, -0.05) is 62.1 Å². The van der Waals surface area contributed by atoms with E-state index >= 15 is 0 Å². The number of nitrogens with zero attached hydrogens (tertiary/aromatic N) is 1. The summed E-state index contributed by atoms with van der Waals surface area (Å²) in [5, 5.41) is 5.18. The molecule has 3 heterocycles. The Morgan fingerprint density at radius 3 is 2.37 bits per heavy atom. The summed E-state index contributed by atoms with van der Waals surface area (Å²) in [4.78, 5) is 43.6. The zero-order valence-corrected chi connectivity index (χ0v) is 20.5. The number of anilines is 1. The van der Waals surface area contributed by atoms with E-state index in [4.69, 9.17) is 0 Å². The number of nitrogens with two attached hydrogens (primary N) is 1. The van der Waals surface area contributed by atoms with Crippen molar-refractivity contribution in [2.75, 3.05) is 5.32 Å². The van der Waals surface area contributed by atoms with Gasteiger partial charge < -0.3 is 10.6 Å². The number of fused-ring (bicyclic) bond motifs is 4. The Morgan fingerprint density at radius 1 is 0.943 bits per heavy atom. The van der Waals surface area contributed by atoms with Gasteiger partial charge in [0.2, 0.25) is 17.4 Å². The highest BCUT2D eigenvalue weighted by atomic mass is 16.2. The van der Waals surface area contributed by atoms with Crippen LogP contribution in [0.25, 0.3) is 0 Å². The fourth-order valence-corrected chi connectivity index (χ4v) is 7.25. The Balaban J connectivity index is 1.47. The molecule has 182 valence electrons. The van der Waals surface area contributed by atoms with Crippen LogP contribution in [0.5, 0.6) is 0 Å². The molecule has 3 N–H and O–H groups in total. The van der Waals surface area contributed by atoms with Crippen molar-refractivity contribution < 1.29 is 19.7 Å². The number of hydrogen-bond donors (Lipinski definition) is 2. The van der Waals surface area contributed by atoms with Crippen molar-refractivity contribution in [3.05, 3.63) is 64.7 Å². The van der Waals surface area contributed by atoms with Gasteiger partial charge in [0.05, 0.1) is 5.69 Å². The minimum absolute atomic E-state index is 0.0405. The third-order valence-electron chi connectivity index (χ3n) is 9.11. The van der Waals surface area contributed by atoms with Crippen LogP contribution in [-0.2, 0) is 26.3 Å². The molecule has 6 nitrogen and oxygen atoms in total. The maximum Gasteiger partial charge on any atom is 0.291 e. The van der Waals surface area contributed by atoms with Crippen LogP contribution in [0.3, 0.4) is 0 Å². The average Bonchev–Trinajstić information content (AvgIpc) is 3.31. The van der Waals surface area contributed by atoms with Gasteiger partial charge in [0.15, 0.2) is 0 Å². The van der Waals surface area contributed by atoms with Crippen molar-refractivity contribution >= 4 is 23.4 Å². The lowest BCUT2D eigenvalue weighted by atomic mass is 9.75. The number of amides is 3. The van der Waals surface area contributed by atoms with Gasteiger partial charge in [-0.2, -0.15) is 0 Å². The second kappa shape index (κ2) is 8.30. The summed E-state index contributed by atoms with van der Waals surface area (Å²) in [6.07, 6.45) is 6.79. The molecule has 6 rings (SSSR count). The molecule has 1 spiro atoms. The average molecular weight is 473 g/mol. The maximum absolute atomic E-state index is 14.2. The van der Waals surface area contributed by atoms with Crippen LogP contribution in [0.15, 0.2) is 42.5 Å². The molecule has 0 unspecified atom stereocenters. The lowest BCUT2D eigenvalue weighted by molar-refractivity contribution is -0.733. The summed E-state index contributed by atoms with van der Waals surface area (Å²) in [5.74, 6) is -1.53. The number of nitrogens with one attached hydrogen (secondary N) is 1. The van der Waals surface area contributed by atoms with E-state index in [-0.39, 0.29) is 29.8 Å². The van der Waals surface area contributed by atoms with Gasteiger partial charge >= 0.3 is 0 Å². The molecule has 1 aliphatic carbocycles. The number of quaternary nitrogens is 1. The number of rotatable bonds is 3. The van der Waals surface area contributed by atoms with Crippen molar-refractivity contribution in [2.24, 2.45) is 11.8 Å². The molecule has 35 heavy (non-hydrogen) atoms. The first-order valence-electron chi connectivity index (χ1n) is 13.1. The van der Waals surface area contributed by atoms with Crippen LogP contribution in [0.2, 0.25) is 0 Å². The first-order valence-corrected chi connectivity index (χ1v) is 13.1. The molecule has 0 aromatic heterocycles. The second-order valence-electron chi connectivity index (χ2n) is 11.0. The first-order chi connectivity index (χ1) is 16.9. The van der Waals surface area contributed by atoms with Crippen molar-refractivity contribution in [1.29, 1.82) is 0 Å². The number of hydrogen-bond acceptors (Lipinski definition) is 3. The molecular formula is C29H34N3O3+. The molecule has 3 aliphatic heterocycles. The highest BCUT2D eigenvalue weighted by Gasteiger charge is 2.74. The molecule has 3 amide bonds. The van der Waals surface area contributed by atoms with Gasteiger partial charge in [0.1, 0.15) is 17.9 Å². The first kappa shape index (κ1) is 22.5.